The Bertz CT molecular complexity index is 709. The zero-order valence-electron chi connectivity index (χ0n) is 13.1. The maximum absolute atomic E-state index is 14.0. The van der Waals surface area contributed by atoms with Crippen LogP contribution in [-0.2, 0) is 0 Å². The number of benzene rings is 1. The minimum absolute atomic E-state index is 0.0753. The molecule has 1 aromatic heterocycles. The average Bonchev–Trinajstić information content (AvgIpc) is 3.15. The molecule has 1 aliphatic heterocycles. The maximum Gasteiger partial charge on any atom is 0.258 e. The molecule has 0 aliphatic carbocycles. The molecule has 1 aromatic carbocycles. The van der Waals surface area contributed by atoms with Crippen LogP contribution in [0.4, 0.5) is 4.39 Å². The largest absolute Gasteiger partial charge is 0.361 e. The van der Waals surface area contributed by atoms with Crippen molar-refractivity contribution >= 4 is 17.5 Å². The van der Waals surface area contributed by atoms with Crippen LogP contribution in [0.2, 0.25) is 5.02 Å². The molecule has 6 heteroatoms. The number of likely N-dealkylation sites (tertiary alicyclic amines) is 1. The molecule has 3 rings (SSSR count). The van der Waals surface area contributed by atoms with Gasteiger partial charge in [0, 0.05) is 18.5 Å². The van der Waals surface area contributed by atoms with Crippen LogP contribution in [-0.4, -0.2) is 22.5 Å². The lowest BCUT2D eigenvalue weighted by Crippen LogP contribution is -2.31. The zero-order chi connectivity index (χ0) is 16.6. The van der Waals surface area contributed by atoms with E-state index in [1.165, 1.54) is 18.2 Å². The minimum Gasteiger partial charge on any atom is -0.361 e. The van der Waals surface area contributed by atoms with Gasteiger partial charge in [0.1, 0.15) is 17.3 Å². The van der Waals surface area contributed by atoms with Gasteiger partial charge >= 0.3 is 0 Å². The quantitative estimate of drug-likeness (QED) is 0.825. The molecule has 1 aliphatic rings. The van der Waals surface area contributed by atoms with Crippen LogP contribution in [0.3, 0.4) is 0 Å². The number of amides is 1. The lowest BCUT2D eigenvalue weighted by Gasteiger charge is -2.23. The SMILES string of the molecule is CC(C)c1cc(C2CCCN2C(=O)c2c(F)cccc2Cl)no1. The topological polar surface area (TPSA) is 46.3 Å². The Labute approximate surface area is 139 Å². The monoisotopic (exact) mass is 336 g/mol. The first-order valence-electron chi connectivity index (χ1n) is 7.70. The van der Waals surface area contributed by atoms with E-state index in [4.69, 9.17) is 16.1 Å². The first-order valence-corrected chi connectivity index (χ1v) is 8.08. The van der Waals surface area contributed by atoms with E-state index in [0.29, 0.717) is 12.2 Å². The van der Waals surface area contributed by atoms with E-state index >= 15 is 0 Å². The summed E-state index contributed by atoms with van der Waals surface area (Å²) in [5.41, 5.74) is 0.639. The maximum atomic E-state index is 14.0. The van der Waals surface area contributed by atoms with Crippen molar-refractivity contribution in [3.05, 3.63) is 52.1 Å². The van der Waals surface area contributed by atoms with Crippen molar-refractivity contribution in [2.45, 2.75) is 38.6 Å². The smallest absolute Gasteiger partial charge is 0.258 e. The first-order chi connectivity index (χ1) is 11.0. The number of rotatable bonds is 3. The van der Waals surface area contributed by atoms with E-state index in [9.17, 15) is 9.18 Å². The van der Waals surface area contributed by atoms with Crippen LogP contribution in [0.25, 0.3) is 0 Å². The second kappa shape index (κ2) is 6.32. The molecule has 1 atom stereocenters. The first kappa shape index (κ1) is 16.0. The van der Waals surface area contributed by atoms with E-state index in [0.717, 1.165) is 18.6 Å². The van der Waals surface area contributed by atoms with Crippen LogP contribution >= 0.6 is 11.6 Å². The third-order valence-corrected chi connectivity index (χ3v) is 4.46. The highest BCUT2D eigenvalue weighted by atomic mass is 35.5. The van der Waals surface area contributed by atoms with Crippen molar-refractivity contribution in [2.75, 3.05) is 6.54 Å². The second-order valence-corrected chi connectivity index (χ2v) is 6.47. The van der Waals surface area contributed by atoms with E-state index in [2.05, 4.69) is 5.16 Å². The summed E-state index contributed by atoms with van der Waals surface area (Å²) < 4.78 is 19.4. The van der Waals surface area contributed by atoms with Crippen molar-refractivity contribution in [1.29, 1.82) is 0 Å². The lowest BCUT2D eigenvalue weighted by atomic mass is 10.1. The molecule has 1 amide bonds. The predicted octanol–water partition coefficient (Wildman–Crippen LogP) is 4.57. The van der Waals surface area contributed by atoms with E-state index in [1.54, 1.807) is 4.90 Å². The fourth-order valence-electron chi connectivity index (χ4n) is 2.90. The Kier molecular flexibility index (Phi) is 4.39. The van der Waals surface area contributed by atoms with Gasteiger partial charge in [0.05, 0.1) is 16.6 Å². The van der Waals surface area contributed by atoms with Crippen molar-refractivity contribution < 1.29 is 13.7 Å². The van der Waals surface area contributed by atoms with Gasteiger partial charge in [0.15, 0.2) is 0 Å². The number of nitrogens with zero attached hydrogens (tertiary/aromatic N) is 2. The number of carbonyl (C=O) groups is 1. The Morgan fingerprint density at radius 3 is 2.91 bits per heavy atom. The summed E-state index contributed by atoms with van der Waals surface area (Å²) in [5.74, 6) is 0.00640. The summed E-state index contributed by atoms with van der Waals surface area (Å²) >= 11 is 6.02. The van der Waals surface area contributed by atoms with Crippen molar-refractivity contribution in [1.82, 2.24) is 10.1 Å². The molecule has 0 saturated carbocycles. The third kappa shape index (κ3) is 2.98. The predicted molar refractivity (Wildman–Crippen MR) is 85.0 cm³/mol. The summed E-state index contributed by atoms with van der Waals surface area (Å²) in [6.07, 6.45) is 1.62. The van der Waals surface area contributed by atoms with Crippen LogP contribution in [0, 0.1) is 5.82 Å². The van der Waals surface area contributed by atoms with Gasteiger partial charge in [-0.15, -0.1) is 0 Å². The molecule has 1 unspecified atom stereocenters. The Morgan fingerprint density at radius 1 is 1.48 bits per heavy atom. The van der Waals surface area contributed by atoms with E-state index < -0.39 is 11.7 Å². The summed E-state index contributed by atoms with van der Waals surface area (Å²) in [6, 6.07) is 5.94. The van der Waals surface area contributed by atoms with Crippen molar-refractivity contribution in [2.24, 2.45) is 0 Å². The molecule has 1 fully saturated rings. The van der Waals surface area contributed by atoms with Gasteiger partial charge in [-0.1, -0.05) is 36.7 Å². The molecule has 2 aromatic rings. The van der Waals surface area contributed by atoms with Crippen molar-refractivity contribution in [3.63, 3.8) is 0 Å². The van der Waals surface area contributed by atoms with Gasteiger partial charge in [0.2, 0.25) is 0 Å². The standard InChI is InChI=1S/C17H18ClFN2O2/c1-10(2)15-9-13(20-23-15)14-7-4-8-21(14)17(22)16-11(18)5-3-6-12(16)19/h3,5-6,9-10,14H,4,7-8H2,1-2H3. The highest BCUT2D eigenvalue weighted by Gasteiger charge is 2.34. The van der Waals surface area contributed by atoms with Crippen LogP contribution in [0.1, 0.15) is 60.5 Å². The third-order valence-electron chi connectivity index (χ3n) is 4.15. The van der Waals surface area contributed by atoms with Crippen LogP contribution in [0.15, 0.2) is 28.8 Å². The Balaban J connectivity index is 1.90. The molecule has 1 saturated heterocycles. The number of carbonyl (C=O) groups excluding carboxylic acids is 1. The number of hydrogen-bond acceptors (Lipinski definition) is 3. The molecule has 0 bridgehead atoms. The molecule has 0 N–H and O–H groups in total. The fraction of sp³-hybridized carbons (Fsp3) is 0.412. The average molecular weight is 337 g/mol. The minimum atomic E-state index is -0.601. The van der Waals surface area contributed by atoms with Gasteiger partial charge in [-0.3, -0.25) is 4.79 Å². The highest BCUT2D eigenvalue weighted by molar-refractivity contribution is 6.33. The van der Waals surface area contributed by atoms with Crippen LogP contribution in [0.5, 0.6) is 0 Å². The van der Waals surface area contributed by atoms with E-state index in [1.807, 2.05) is 19.9 Å². The van der Waals surface area contributed by atoms with Gasteiger partial charge in [0.25, 0.3) is 5.91 Å². The summed E-state index contributed by atoms with van der Waals surface area (Å²) in [7, 11) is 0. The zero-order valence-corrected chi connectivity index (χ0v) is 13.8. The van der Waals surface area contributed by atoms with Gasteiger partial charge in [-0.05, 0) is 25.0 Å². The molecular weight excluding hydrogens is 319 g/mol. The summed E-state index contributed by atoms with van der Waals surface area (Å²) in [4.78, 5) is 14.4. The molecule has 23 heavy (non-hydrogen) atoms. The molecule has 0 spiro atoms. The number of hydrogen-bond donors (Lipinski definition) is 0. The number of halogens is 2. The van der Waals surface area contributed by atoms with Gasteiger partial charge in [-0.25, -0.2) is 4.39 Å². The van der Waals surface area contributed by atoms with Gasteiger partial charge < -0.3 is 9.42 Å². The van der Waals surface area contributed by atoms with E-state index in [-0.39, 0.29) is 22.5 Å². The van der Waals surface area contributed by atoms with Gasteiger partial charge in [-0.2, -0.15) is 0 Å². The summed E-state index contributed by atoms with van der Waals surface area (Å²) in [6.45, 7) is 4.58. The van der Waals surface area contributed by atoms with Crippen LogP contribution < -0.4 is 0 Å². The van der Waals surface area contributed by atoms with Crippen molar-refractivity contribution in [3.8, 4) is 0 Å². The normalized spacial score (nSPS) is 18.0. The molecular formula is C17H18ClFN2O2. The summed E-state index contributed by atoms with van der Waals surface area (Å²) in [5, 5.41) is 4.22. The Morgan fingerprint density at radius 2 is 2.26 bits per heavy atom. The molecule has 122 valence electrons. The lowest BCUT2D eigenvalue weighted by molar-refractivity contribution is 0.0726. The fourth-order valence-corrected chi connectivity index (χ4v) is 3.14. The molecule has 2 heterocycles. The number of aromatic nitrogens is 1. The Hall–Kier alpha value is -1.88. The molecule has 0 radical (unpaired) electrons. The highest BCUT2D eigenvalue weighted by Crippen LogP contribution is 2.35. The molecule has 4 nitrogen and oxygen atoms in total. The second-order valence-electron chi connectivity index (χ2n) is 6.06.